The van der Waals surface area contributed by atoms with Crippen LogP contribution in [-0.2, 0) is 6.54 Å². The molecule has 0 saturated carbocycles. The average molecular weight is 277 g/mol. The fourth-order valence-corrected chi connectivity index (χ4v) is 1.70. The van der Waals surface area contributed by atoms with Gasteiger partial charge in [-0.15, -0.1) is 5.10 Å². The van der Waals surface area contributed by atoms with Gasteiger partial charge >= 0.3 is 0 Å². The highest BCUT2D eigenvalue weighted by atomic mass is 35.5. The number of nitrogen functional groups attached to an aromatic ring is 1. The van der Waals surface area contributed by atoms with Crippen molar-refractivity contribution in [2.75, 3.05) is 5.73 Å². The zero-order valence-corrected chi connectivity index (χ0v) is 10.4. The van der Waals surface area contributed by atoms with Crippen LogP contribution in [-0.4, -0.2) is 20.9 Å². The van der Waals surface area contributed by atoms with Gasteiger partial charge in [-0.25, -0.2) is 4.68 Å². The molecule has 0 aliphatic heterocycles. The maximum Gasteiger partial charge on any atom is 0.273 e. The van der Waals surface area contributed by atoms with Gasteiger partial charge in [0.05, 0.1) is 17.1 Å². The van der Waals surface area contributed by atoms with Gasteiger partial charge in [-0.1, -0.05) is 22.9 Å². The van der Waals surface area contributed by atoms with E-state index >= 15 is 0 Å². The van der Waals surface area contributed by atoms with Gasteiger partial charge in [0.25, 0.3) is 5.91 Å². The molecule has 0 unspecified atom stereocenters. The number of anilines is 1. The first kappa shape index (κ1) is 12.9. The molecule has 1 aromatic carbocycles. The van der Waals surface area contributed by atoms with Gasteiger partial charge in [-0.05, 0) is 17.7 Å². The summed E-state index contributed by atoms with van der Waals surface area (Å²) in [7, 11) is 0. The monoisotopic (exact) mass is 276 g/mol. The Kier molecular flexibility index (Phi) is 3.35. The van der Waals surface area contributed by atoms with Crippen LogP contribution in [0.5, 0.6) is 0 Å². The van der Waals surface area contributed by atoms with Crippen LogP contribution in [0.15, 0.2) is 18.2 Å². The molecule has 0 bridgehead atoms. The quantitative estimate of drug-likeness (QED) is 0.846. The number of rotatable bonds is 3. The van der Waals surface area contributed by atoms with Crippen molar-refractivity contribution in [3.63, 3.8) is 0 Å². The second-order valence-electron chi connectivity index (χ2n) is 3.77. The third-order valence-corrected chi connectivity index (χ3v) is 2.82. The van der Waals surface area contributed by atoms with Crippen molar-refractivity contribution >= 4 is 23.3 Å². The lowest BCUT2D eigenvalue weighted by Gasteiger charge is -2.04. The number of nitrogens with two attached hydrogens (primary N) is 2. The van der Waals surface area contributed by atoms with Crippen LogP contribution < -0.4 is 11.5 Å². The summed E-state index contributed by atoms with van der Waals surface area (Å²) in [5.41, 5.74) is 11.8. The van der Waals surface area contributed by atoms with Crippen molar-refractivity contribution in [1.29, 1.82) is 5.26 Å². The Morgan fingerprint density at radius 3 is 2.84 bits per heavy atom. The number of carbonyl (C=O) groups excluding carboxylic acids is 1. The Bertz CT molecular complexity index is 687. The van der Waals surface area contributed by atoms with Crippen LogP contribution in [0, 0.1) is 11.3 Å². The molecule has 7 nitrogen and oxygen atoms in total. The number of amides is 1. The van der Waals surface area contributed by atoms with Gasteiger partial charge in [0.15, 0.2) is 11.5 Å². The van der Waals surface area contributed by atoms with Crippen molar-refractivity contribution in [2.24, 2.45) is 5.73 Å². The lowest BCUT2D eigenvalue weighted by Crippen LogP contribution is -2.15. The molecule has 0 spiro atoms. The maximum absolute atomic E-state index is 11.0. The number of aromatic nitrogens is 3. The second kappa shape index (κ2) is 4.96. The summed E-state index contributed by atoms with van der Waals surface area (Å²) in [6.45, 7) is 0.262. The summed E-state index contributed by atoms with van der Waals surface area (Å²) < 4.78 is 1.32. The normalized spacial score (nSPS) is 10.1. The predicted molar refractivity (Wildman–Crippen MR) is 68.2 cm³/mol. The highest BCUT2D eigenvalue weighted by Crippen LogP contribution is 2.18. The minimum absolute atomic E-state index is 0.0746. The molecule has 96 valence electrons. The van der Waals surface area contributed by atoms with E-state index in [1.54, 1.807) is 18.2 Å². The predicted octanol–water partition coefficient (Wildman–Crippen LogP) is 0.533. The SMILES string of the molecule is N#Cc1cc(Cn2nnc(C(N)=O)c2N)ccc1Cl. The first-order valence-corrected chi connectivity index (χ1v) is 5.58. The highest BCUT2D eigenvalue weighted by Gasteiger charge is 2.14. The number of carbonyl (C=O) groups is 1. The second-order valence-corrected chi connectivity index (χ2v) is 4.18. The van der Waals surface area contributed by atoms with Crippen molar-refractivity contribution in [2.45, 2.75) is 6.54 Å². The molecule has 2 aromatic rings. The number of primary amides is 1. The number of benzene rings is 1. The van der Waals surface area contributed by atoms with Crippen LogP contribution in [0.4, 0.5) is 5.82 Å². The molecule has 0 atom stereocenters. The molecule has 1 amide bonds. The number of hydrogen-bond donors (Lipinski definition) is 2. The van der Waals surface area contributed by atoms with Crippen molar-refractivity contribution < 1.29 is 4.79 Å². The Balaban J connectivity index is 2.32. The smallest absolute Gasteiger partial charge is 0.273 e. The molecule has 0 fully saturated rings. The van der Waals surface area contributed by atoms with Gasteiger partial charge < -0.3 is 11.5 Å². The molecule has 0 aliphatic rings. The van der Waals surface area contributed by atoms with Crippen LogP contribution in [0.3, 0.4) is 0 Å². The summed E-state index contributed by atoms with van der Waals surface area (Å²) in [6, 6.07) is 6.93. The zero-order valence-electron chi connectivity index (χ0n) is 9.67. The lowest BCUT2D eigenvalue weighted by atomic mass is 10.1. The summed E-state index contributed by atoms with van der Waals surface area (Å²) >= 11 is 5.83. The van der Waals surface area contributed by atoms with Crippen molar-refractivity contribution in [3.8, 4) is 6.07 Å². The molecule has 2 rings (SSSR count). The van der Waals surface area contributed by atoms with Crippen LogP contribution >= 0.6 is 11.6 Å². The summed E-state index contributed by atoms with van der Waals surface area (Å²) in [5.74, 6) is -0.654. The minimum atomic E-state index is -0.738. The van der Waals surface area contributed by atoms with Crippen LogP contribution in [0.25, 0.3) is 0 Å². The third-order valence-electron chi connectivity index (χ3n) is 2.49. The molecular formula is C11H9ClN6O. The first-order chi connectivity index (χ1) is 9.02. The van der Waals surface area contributed by atoms with Gasteiger partial charge in [-0.2, -0.15) is 5.26 Å². The number of halogens is 1. The highest BCUT2D eigenvalue weighted by molar-refractivity contribution is 6.31. The average Bonchev–Trinajstić information content (AvgIpc) is 2.73. The summed E-state index contributed by atoms with van der Waals surface area (Å²) in [6.07, 6.45) is 0. The Hall–Kier alpha value is -2.59. The topological polar surface area (TPSA) is 124 Å². The van der Waals surface area contributed by atoms with Gasteiger partial charge in [-0.3, -0.25) is 4.79 Å². The fourth-order valence-electron chi connectivity index (χ4n) is 1.54. The Morgan fingerprint density at radius 1 is 1.53 bits per heavy atom. The molecular weight excluding hydrogens is 268 g/mol. The van der Waals surface area contributed by atoms with Gasteiger partial charge in [0, 0.05) is 0 Å². The lowest BCUT2D eigenvalue weighted by molar-refractivity contribution is 0.0996. The van der Waals surface area contributed by atoms with E-state index in [1.165, 1.54) is 4.68 Å². The molecule has 8 heteroatoms. The Labute approximate surface area is 113 Å². The molecule has 0 aliphatic carbocycles. The zero-order chi connectivity index (χ0) is 14.0. The number of hydrogen-bond acceptors (Lipinski definition) is 5. The van der Waals surface area contributed by atoms with Crippen molar-refractivity contribution in [3.05, 3.63) is 40.0 Å². The van der Waals surface area contributed by atoms with E-state index in [-0.39, 0.29) is 18.1 Å². The van der Waals surface area contributed by atoms with E-state index in [2.05, 4.69) is 10.3 Å². The minimum Gasteiger partial charge on any atom is -0.382 e. The summed E-state index contributed by atoms with van der Waals surface area (Å²) in [5, 5.41) is 16.6. The molecule has 0 saturated heterocycles. The molecule has 1 heterocycles. The maximum atomic E-state index is 11.0. The van der Waals surface area contributed by atoms with E-state index in [4.69, 9.17) is 28.3 Å². The Morgan fingerprint density at radius 2 is 2.26 bits per heavy atom. The largest absolute Gasteiger partial charge is 0.382 e. The van der Waals surface area contributed by atoms with Gasteiger partial charge in [0.2, 0.25) is 0 Å². The van der Waals surface area contributed by atoms with E-state index < -0.39 is 5.91 Å². The van der Waals surface area contributed by atoms with E-state index in [9.17, 15) is 4.79 Å². The van der Waals surface area contributed by atoms with E-state index in [1.807, 2.05) is 6.07 Å². The molecule has 19 heavy (non-hydrogen) atoms. The molecule has 1 aromatic heterocycles. The molecule has 4 N–H and O–H groups in total. The fraction of sp³-hybridized carbons (Fsp3) is 0.0909. The van der Waals surface area contributed by atoms with Crippen LogP contribution in [0.2, 0.25) is 5.02 Å². The standard InChI is InChI=1S/C11H9ClN6O/c12-8-2-1-6(3-7(8)4-13)5-18-10(14)9(11(15)19)16-17-18/h1-3H,5,14H2,(H2,15,19). The van der Waals surface area contributed by atoms with E-state index in [0.29, 0.717) is 10.6 Å². The number of nitrogens with zero attached hydrogens (tertiary/aromatic N) is 4. The van der Waals surface area contributed by atoms with E-state index in [0.717, 1.165) is 5.56 Å². The third kappa shape index (κ3) is 2.48. The van der Waals surface area contributed by atoms with Crippen molar-refractivity contribution in [1.82, 2.24) is 15.0 Å². The summed E-state index contributed by atoms with van der Waals surface area (Å²) in [4.78, 5) is 11.0. The number of nitriles is 1. The first-order valence-electron chi connectivity index (χ1n) is 5.20. The van der Waals surface area contributed by atoms with Gasteiger partial charge in [0.1, 0.15) is 6.07 Å². The molecule has 0 radical (unpaired) electrons. The van der Waals surface area contributed by atoms with Crippen LogP contribution in [0.1, 0.15) is 21.6 Å².